The molecule has 0 spiro atoms. The molecule has 2 aromatic heterocycles. The second-order valence-electron chi connectivity index (χ2n) is 10.8. The van der Waals surface area contributed by atoms with Gasteiger partial charge >= 0.3 is 6.09 Å². The van der Waals surface area contributed by atoms with Crippen LogP contribution in [-0.2, 0) is 15.1 Å². The van der Waals surface area contributed by atoms with Crippen molar-refractivity contribution in [3.63, 3.8) is 0 Å². The molecule has 0 saturated carbocycles. The number of nitrogens with zero attached hydrogens (tertiary/aromatic N) is 3. The number of pyridine rings is 1. The van der Waals surface area contributed by atoms with Crippen molar-refractivity contribution in [2.24, 2.45) is 0 Å². The van der Waals surface area contributed by atoms with Crippen molar-refractivity contribution in [1.29, 1.82) is 0 Å². The maximum Gasteiger partial charge on any atom is 0.419 e. The van der Waals surface area contributed by atoms with E-state index in [0.717, 1.165) is 66.9 Å². The van der Waals surface area contributed by atoms with Gasteiger partial charge in [-0.3, -0.25) is 9.69 Å². The van der Waals surface area contributed by atoms with Gasteiger partial charge in [-0.25, -0.2) is 14.3 Å². The Hall–Kier alpha value is -4.21. The van der Waals surface area contributed by atoms with Gasteiger partial charge in [-0.05, 0) is 56.6 Å². The van der Waals surface area contributed by atoms with Crippen molar-refractivity contribution >= 4 is 22.9 Å². The van der Waals surface area contributed by atoms with E-state index in [4.69, 9.17) is 14.2 Å². The normalized spacial score (nSPS) is 16.4. The van der Waals surface area contributed by atoms with E-state index in [2.05, 4.69) is 15.2 Å². The van der Waals surface area contributed by atoms with Gasteiger partial charge < -0.3 is 19.5 Å². The second-order valence-corrected chi connectivity index (χ2v) is 10.8. The standard InChI is InChI=1S/C32H34N4O5/c1-32(2)25-20-22(29(37)33-13-8-14-35-15-17-40-18-16-35)19-24-26(21-9-5-4-6-10-21)28(36(27(24)25)31(38)41-32)23-11-7-12-34-30(23)39-3/h4-7,9-12,19-20H,8,13-18H2,1-3H3,(H,33,37). The smallest absolute Gasteiger partial charge is 0.419 e. The van der Waals surface area contributed by atoms with E-state index in [0.29, 0.717) is 29.2 Å². The average Bonchev–Trinajstić information content (AvgIpc) is 3.34. The predicted molar refractivity (Wildman–Crippen MR) is 156 cm³/mol. The number of nitrogens with one attached hydrogen (secondary N) is 1. The first-order valence-corrected chi connectivity index (χ1v) is 14.0. The van der Waals surface area contributed by atoms with E-state index < -0.39 is 11.7 Å². The van der Waals surface area contributed by atoms with Crippen LogP contribution in [-0.4, -0.2) is 73.0 Å². The number of ether oxygens (including phenoxy) is 3. The highest BCUT2D eigenvalue weighted by Gasteiger charge is 2.40. The van der Waals surface area contributed by atoms with Crippen molar-refractivity contribution in [2.45, 2.75) is 25.9 Å². The third-order valence-electron chi connectivity index (χ3n) is 7.82. The first-order valence-electron chi connectivity index (χ1n) is 14.0. The minimum absolute atomic E-state index is 0.162. The Bertz CT molecular complexity index is 1610. The highest BCUT2D eigenvalue weighted by atomic mass is 16.6. The molecule has 212 valence electrons. The monoisotopic (exact) mass is 554 g/mol. The Balaban J connectivity index is 1.48. The molecule has 1 amide bonds. The van der Waals surface area contributed by atoms with E-state index in [-0.39, 0.29) is 5.91 Å². The number of hydrogen-bond acceptors (Lipinski definition) is 7. The first kappa shape index (κ1) is 27.0. The third kappa shape index (κ3) is 4.96. The van der Waals surface area contributed by atoms with Crippen molar-refractivity contribution in [1.82, 2.24) is 19.8 Å². The highest BCUT2D eigenvalue weighted by Crippen LogP contribution is 2.48. The first-order chi connectivity index (χ1) is 19.9. The van der Waals surface area contributed by atoms with Crippen LogP contribution in [0.4, 0.5) is 4.79 Å². The molecule has 6 rings (SSSR count). The molecule has 0 unspecified atom stereocenters. The Kier molecular flexibility index (Phi) is 7.23. The van der Waals surface area contributed by atoms with Gasteiger partial charge in [-0.15, -0.1) is 0 Å². The van der Waals surface area contributed by atoms with Crippen LogP contribution in [0.5, 0.6) is 5.88 Å². The molecule has 0 aliphatic carbocycles. The molecule has 4 aromatic rings. The summed E-state index contributed by atoms with van der Waals surface area (Å²) < 4.78 is 18.6. The van der Waals surface area contributed by atoms with E-state index in [9.17, 15) is 9.59 Å². The number of amides is 1. The summed E-state index contributed by atoms with van der Waals surface area (Å²) in [4.78, 5) is 33.9. The lowest BCUT2D eigenvalue weighted by atomic mass is 9.90. The number of hydrogen-bond donors (Lipinski definition) is 1. The fraction of sp³-hybridized carbons (Fsp3) is 0.344. The zero-order valence-electron chi connectivity index (χ0n) is 23.6. The predicted octanol–water partition coefficient (Wildman–Crippen LogP) is 5.06. The fourth-order valence-electron chi connectivity index (χ4n) is 5.83. The molecule has 0 atom stereocenters. The summed E-state index contributed by atoms with van der Waals surface area (Å²) in [6, 6.07) is 17.3. The number of methoxy groups -OCH3 is 1. The molecule has 2 aliphatic rings. The zero-order chi connectivity index (χ0) is 28.6. The molecule has 4 heterocycles. The van der Waals surface area contributed by atoms with Gasteiger partial charge in [0.05, 0.1) is 37.1 Å². The van der Waals surface area contributed by atoms with E-state index in [1.165, 1.54) is 0 Å². The molecule has 9 heteroatoms. The molecule has 2 aromatic carbocycles. The number of benzene rings is 2. The van der Waals surface area contributed by atoms with Crippen molar-refractivity contribution in [2.75, 3.05) is 46.5 Å². The Morgan fingerprint density at radius 3 is 2.63 bits per heavy atom. The summed E-state index contributed by atoms with van der Waals surface area (Å²) in [5.41, 5.74) is 4.03. The molecule has 9 nitrogen and oxygen atoms in total. The summed E-state index contributed by atoms with van der Waals surface area (Å²) in [7, 11) is 1.56. The summed E-state index contributed by atoms with van der Waals surface area (Å²) in [6.45, 7) is 8.54. The number of carbonyl (C=O) groups is 2. The Morgan fingerprint density at radius 2 is 1.88 bits per heavy atom. The quantitative estimate of drug-likeness (QED) is 0.304. The summed E-state index contributed by atoms with van der Waals surface area (Å²) in [5.74, 6) is 0.228. The number of carbonyl (C=O) groups excluding carboxylic acids is 2. The number of aromatic nitrogens is 2. The van der Waals surface area contributed by atoms with Crippen molar-refractivity contribution in [3.8, 4) is 28.3 Å². The van der Waals surface area contributed by atoms with Crippen molar-refractivity contribution < 1.29 is 23.8 Å². The van der Waals surface area contributed by atoms with Gasteiger partial charge in [0.15, 0.2) is 0 Å². The third-order valence-corrected chi connectivity index (χ3v) is 7.82. The Labute approximate surface area is 239 Å². The van der Waals surface area contributed by atoms with E-state index in [1.807, 2.05) is 68.4 Å². The van der Waals surface area contributed by atoms with Gasteiger partial charge in [-0.1, -0.05) is 30.3 Å². The number of cyclic esters (lactones) is 1. The van der Waals surface area contributed by atoms with Crippen LogP contribution in [0.2, 0.25) is 0 Å². The molecule has 0 radical (unpaired) electrons. The van der Waals surface area contributed by atoms with Gasteiger partial charge in [0.25, 0.3) is 5.91 Å². The summed E-state index contributed by atoms with van der Waals surface area (Å²) in [5, 5.41) is 3.89. The number of morpholine rings is 1. The van der Waals surface area contributed by atoms with Gasteiger partial charge in [-0.2, -0.15) is 0 Å². The molecule has 1 saturated heterocycles. The Morgan fingerprint density at radius 1 is 1.10 bits per heavy atom. The molecular weight excluding hydrogens is 520 g/mol. The lowest BCUT2D eigenvalue weighted by molar-refractivity contribution is 0.0334. The van der Waals surface area contributed by atoms with Crippen LogP contribution in [0, 0.1) is 0 Å². The van der Waals surface area contributed by atoms with Crippen LogP contribution >= 0.6 is 0 Å². The maximum absolute atomic E-state index is 13.6. The van der Waals surface area contributed by atoms with E-state index in [1.54, 1.807) is 17.9 Å². The molecular formula is C32H34N4O5. The SMILES string of the molecule is COc1ncccc1-c1c(-c2ccccc2)c2cc(C(=O)NCCCN3CCOCC3)cc3c2n1C(=O)OC3(C)C. The van der Waals surface area contributed by atoms with Crippen LogP contribution in [0.3, 0.4) is 0 Å². The van der Waals surface area contributed by atoms with Gasteiger partial charge in [0, 0.05) is 47.9 Å². The molecule has 2 aliphatic heterocycles. The van der Waals surface area contributed by atoms with Gasteiger partial charge in [0.2, 0.25) is 5.88 Å². The largest absolute Gasteiger partial charge is 0.481 e. The second kappa shape index (κ2) is 11.0. The highest BCUT2D eigenvalue weighted by molar-refractivity contribution is 6.13. The van der Waals surface area contributed by atoms with Crippen LogP contribution in [0.25, 0.3) is 33.3 Å². The average molecular weight is 555 g/mol. The molecule has 41 heavy (non-hydrogen) atoms. The van der Waals surface area contributed by atoms with Gasteiger partial charge in [0.1, 0.15) is 5.60 Å². The van der Waals surface area contributed by atoms with Crippen molar-refractivity contribution in [3.05, 3.63) is 71.9 Å². The van der Waals surface area contributed by atoms with Crippen LogP contribution < -0.4 is 10.1 Å². The fourth-order valence-corrected chi connectivity index (χ4v) is 5.83. The topological polar surface area (TPSA) is 94.9 Å². The zero-order valence-corrected chi connectivity index (χ0v) is 23.6. The molecule has 1 fully saturated rings. The van der Waals surface area contributed by atoms with E-state index >= 15 is 0 Å². The van der Waals surface area contributed by atoms with Crippen LogP contribution in [0.15, 0.2) is 60.8 Å². The summed E-state index contributed by atoms with van der Waals surface area (Å²) >= 11 is 0. The van der Waals surface area contributed by atoms with Crippen LogP contribution in [0.1, 0.15) is 36.2 Å². The lowest BCUT2D eigenvalue weighted by Crippen LogP contribution is -2.38. The summed E-state index contributed by atoms with van der Waals surface area (Å²) in [6.07, 6.45) is 2.01. The maximum atomic E-state index is 13.6. The molecule has 0 bridgehead atoms. The minimum atomic E-state index is -0.944. The number of rotatable bonds is 8. The minimum Gasteiger partial charge on any atom is -0.481 e. The lowest BCUT2D eigenvalue weighted by Gasteiger charge is -2.32. The molecule has 1 N–H and O–H groups in total.